The van der Waals surface area contributed by atoms with Gasteiger partial charge in [-0.05, 0) is 39.3 Å². The molecule has 1 atom stereocenters. The van der Waals surface area contributed by atoms with Gasteiger partial charge in [-0.25, -0.2) is 4.79 Å². The molecule has 1 unspecified atom stereocenters. The fourth-order valence-corrected chi connectivity index (χ4v) is 1.65. The molecule has 6 nitrogen and oxygen atoms in total. The van der Waals surface area contributed by atoms with Gasteiger partial charge in [-0.3, -0.25) is 4.79 Å². The summed E-state index contributed by atoms with van der Waals surface area (Å²) in [5.74, 6) is -0.468. The van der Waals surface area contributed by atoms with Crippen LogP contribution in [0.1, 0.15) is 27.2 Å². The zero-order valence-corrected chi connectivity index (χ0v) is 12.7. The maximum Gasteiger partial charge on any atom is 0.407 e. The molecule has 4 N–H and O–H groups in total. The molecule has 0 aromatic heterocycles. The van der Waals surface area contributed by atoms with Gasteiger partial charge < -0.3 is 21.1 Å². The molecule has 0 spiro atoms. The smallest absolute Gasteiger partial charge is 0.407 e. The fraction of sp³-hybridized carbons (Fsp3) is 0.467. The summed E-state index contributed by atoms with van der Waals surface area (Å²) < 4.78 is 5.11. The monoisotopic (exact) mass is 293 g/mol. The van der Waals surface area contributed by atoms with E-state index in [1.165, 1.54) is 0 Å². The van der Waals surface area contributed by atoms with Crippen LogP contribution in [0, 0.1) is 0 Å². The molecular weight excluding hydrogens is 270 g/mol. The average Bonchev–Trinajstić information content (AvgIpc) is 2.36. The first kappa shape index (κ1) is 16.8. The Labute approximate surface area is 125 Å². The van der Waals surface area contributed by atoms with Gasteiger partial charge >= 0.3 is 6.09 Å². The predicted octanol–water partition coefficient (Wildman–Crippen LogP) is 1.87. The Bertz CT molecular complexity index is 469. The summed E-state index contributed by atoms with van der Waals surface area (Å²) in [4.78, 5) is 22.9. The lowest BCUT2D eigenvalue weighted by Crippen LogP contribution is -2.40. The highest BCUT2D eigenvalue weighted by atomic mass is 16.6. The first-order valence-corrected chi connectivity index (χ1v) is 6.86. The Morgan fingerprint density at radius 2 is 1.86 bits per heavy atom. The lowest BCUT2D eigenvalue weighted by atomic mass is 10.1. The van der Waals surface area contributed by atoms with Crippen molar-refractivity contribution in [2.75, 3.05) is 11.9 Å². The van der Waals surface area contributed by atoms with Crippen LogP contribution in [-0.2, 0) is 9.53 Å². The van der Waals surface area contributed by atoms with Crippen molar-refractivity contribution in [1.29, 1.82) is 0 Å². The van der Waals surface area contributed by atoms with Gasteiger partial charge in [-0.1, -0.05) is 18.2 Å². The molecule has 0 fully saturated rings. The second-order valence-corrected chi connectivity index (χ2v) is 5.68. The molecule has 0 heterocycles. The van der Waals surface area contributed by atoms with Crippen molar-refractivity contribution < 1.29 is 14.3 Å². The van der Waals surface area contributed by atoms with Crippen molar-refractivity contribution in [3.8, 4) is 0 Å². The van der Waals surface area contributed by atoms with Crippen LogP contribution in [0.3, 0.4) is 0 Å². The first-order valence-electron chi connectivity index (χ1n) is 6.86. The van der Waals surface area contributed by atoms with E-state index in [1.807, 2.05) is 30.3 Å². The van der Waals surface area contributed by atoms with E-state index < -0.39 is 23.6 Å². The Morgan fingerprint density at radius 3 is 2.38 bits per heavy atom. The van der Waals surface area contributed by atoms with Crippen LogP contribution in [0.15, 0.2) is 30.3 Å². The van der Waals surface area contributed by atoms with E-state index in [2.05, 4.69) is 10.6 Å². The van der Waals surface area contributed by atoms with Crippen LogP contribution in [0.4, 0.5) is 10.5 Å². The van der Waals surface area contributed by atoms with E-state index >= 15 is 0 Å². The van der Waals surface area contributed by atoms with Gasteiger partial charge in [0.15, 0.2) is 0 Å². The van der Waals surface area contributed by atoms with Gasteiger partial charge in [-0.15, -0.1) is 0 Å². The number of nitrogens with one attached hydrogen (secondary N) is 2. The van der Waals surface area contributed by atoms with Crippen molar-refractivity contribution in [2.24, 2.45) is 5.73 Å². The maximum absolute atomic E-state index is 11.5. The van der Waals surface area contributed by atoms with Crippen molar-refractivity contribution in [3.05, 3.63) is 30.3 Å². The summed E-state index contributed by atoms with van der Waals surface area (Å²) in [6.07, 6.45) is -0.130. The zero-order chi connectivity index (χ0) is 15.9. The van der Waals surface area contributed by atoms with Crippen molar-refractivity contribution in [1.82, 2.24) is 5.32 Å². The maximum atomic E-state index is 11.5. The summed E-state index contributed by atoms with van der Waals surface area (Å²) in [7, 11) is 0. The number of para-hydroxylation sites is 1. The Morgan fingerprint density at radius 1 is 1.24 bits per heavy atom. The fourth-order valence-electron chi connectivity index (χ4n) is 1.65. The van der Waals surface area contributed by atoms with Crippen LogP contribution in [-0.4, -0.2) is 30.2 Å². The molecule has 0 bridgehead atoms. The molecular formula is C15H23N3O3. The third-order valence-corrected chi connectivity index (χ3v) is 2.56. The minimum atomic E-state index is -0.553. The molecule has 1 rings (SSSR count). The Hall–Kier alpha value is -2.24. The van der Waals surface area contributed by atoms with Gasteiger partial charge in [0.1, 0.15) is 11.6 Å². The number of hydrogen-bond donors (Lipinski definition) is 3. The van der Waals surface area contributed by atoms with Gasteiger partial charge in [0, 0.05) is 12.2 Å². The van der Waals surface area contributed by atoms with Crippen LogP contribution in [0.2, 0.25) is 0 Å². The summed E-state index contributed by atoms with van der Waals surface area (Å²) in [5, 5.41) is 5.64. The molecule has 0 saturated heterocycles. The second-order valence-electron chi connectivity index (χ2n) is 5.68. The number of anilines is 1. The van der Waals surface area contributed by atoms with Crippen molar-refractivity contribution in [3.63, 3.8) is 0 Å². The second kappa shape index (κ2) is 7.52. The number of hydrogen-bond acceptors (Lipinski definition) is 4. The molecule has 2 amide bonds. The highest BCUT2D eigenvalue weighted by Crippen LogP contribution is 2.09. The minimum absolute atomic E-state index is 0.294. The van der Waals surface area contributed by atoms with E-state index in [0.717, 1.165) is 5.69 Å². The molecule has 1 aromatic rings. The lowest BCUT2D eigenvalue weighted by molar-refractivity contribution is -0.118. The predicted molar refractivity (Wildman–Crippen MR) is 81.9 cm³/mol. The standard InChI is InChI=1S/C15H23N3O3/c1-15(2,3)21-14(20)17-10-9-12(13(16)19)18-11-7-5-4-6-8-11/h4-8,12,18H,9-10H2,1-3H3,(H2,16,19)(H,17,20). The number of ether oxygens (including phenoxy) is 1. The molecule has 0 radical (unpaired) electrons. The van der Waals surface area contributed by atoms with Crippen LogP contribution >= 0.6 is 0 Å². The van der Waals surface area contributed by atoms with E-state index in [1.54, 1.807) is 20.8 Å². The Balaban J connectivity index is 2.42. The normalized spacial score (nSPS) is 12.3. The number of rotatable bonds is 6. The van der Waals surface area contributed by atoms with Gasteiger partial charge in [0.25, 0.3) is 0 Å². The molecule has 6 heteroatoms. The van der Waals surface area contributed by atoms with Gasteiger partial charge in [0.05, 0.1) is 0 Å². The number of carbonyl (C=O) groups is 2. The number of primary amides is 1. The molecule has 116 valence electrons. The van der Waals surface area contributed by atoms with Crippen LogP contribution in [0.25, 0.3) is 0 Å². The number of amides is 2. The Kier molecular flexibility index (Phi) is 6.02. The summed E-state index contributed by atoms with van der Waals surface area (Å²) in [6.45, 7) is 5.66. The summed E-state index contributed by atoms with van der Waals surface area (Å²) in [5.41, 5.74) is 5.62. The van der Waals surface area contributed by atoms with E-state index in [0.29, 0.717) is 13.0 Å². The highest BCUT2D eigenvalue weighted by molar-refractivity contribution is 5.83. The van der Waals surface area contributed by atoms with Crippen LogP contribution < -0.4 is 16.4 Å². The molecule has 0 aliphatic carbocycles. The lowest BCUT2D eigenvalue weighted by Gasteiger charge is -2.21. The quantitative estimate of drug-likeness (QED) is 0.746. The molecule has 0 aliphatic rings. The molecule has 0 saturated carbocycles. The third-order valence-electron chi connectivity index (χ3n) is 2.56. The third kappa shape index (κ3) is 7.20. The average molecular weight is 293 g/mol. The van der Waals surface area contributed by atoms with E-state index in [4.69, 9.17) is 10.5 Å². The molecule has 0 aliphatic heterocycles. The SMILES string of the molecule is CC(C)(C)OC(=O)NCCC(Nc1ccccc1)C(N)=O. The van der Waals surface area contributed by atoms with E-state index in [-0.39, 0.29) is 0 Å². The molecule has 1 aromatic carbocycles. The highest BCUT2D eigenvalue weighted by Gasteiger charge is 2.18. The number of benzene rings is 1. The topological polar surface area (TPSA) is 93.4 Å². The number of nitrogens with two attached hydrogens (primary N) is 1. The summed E-state index contributed by atoms with van der Waals surface area (Å²) >= 11 is 0. The van der Waals surface area contributed by atoms with Crippen molar-refractivity contribution in [2.45, 2.75) is 38.8 Å². The summed E-state index contributed by atoms with van der Waals surface area (Å²) in [6, 6.07) is 8.74. The van der Waals surface area contributed by atoms with Crippen molar-refractivity contribution >= 4 is 17.7 Å². The number of carbonyl (C=O) groups excluding carboxylic acids is 2. The van der Waals surface area contributed by atoms with E-state index in [9.17, 15) is 9.59 Å². The van der Waals surface area contributed by atoms with Gasteiger partial charge in [-0.2, -0.15) is 0 Å². The zero-order valence-electron chi connectivity index (χ0n) is 12.7. The number of alkyl carbamates (subject to hydrolysis) is 1. The van der Waals surface area contributed by atoms with Crippen LogP contribution in [0.5, 0.6) is 0 Å². The van der Waals surface area contributed by atoms with Gasteiger partial charge in [0.2, 0.25) is 5.91 Å². The largest absolute Gasteiger partial charge is 0.444 e. The molecule has 21 heavy (non-hydrogen) atoms. The first-order chi connectivity index (χ1) is 9.78. The minimum Gasteiger partial charge on any atom is -0.444 e.